The van der Waals surface area contributed by atoms with Gasteiger partial charge in [0.1, 0.15) is 11.8 Å². The molecule has 2 aromatic carbocycles. The fraction of sp³-hybridized carbons (Fsp3) is 0.364. The zero-order valence-electron chi connectivity index (χ0n) is 16.7. The number of halogens is 1. The van der Waals surface area contributed by atoms with Crippen LogP contribution in [0, 0.1) is 0 Å². The van der Waals surface area contributed by atoms with E-state index in [0.717, 1.165) is 31.5 Å². The summed E-state index contributed by atoms with van der Waals surface area (Å²) >= 11 is 6.04. The van der Waals surface area contributed by atoms with E-state index in [4.69, 9.17) is 16.3 Å². The Bertz CT molecular complexity index is 854. The minimum Gasteiger partial charge on any atom is -0.495 e. The first-order chi connectivity index (χ1) is 14.0. The van der Waals surface area contributed by atoms with Crippen molar-refractivity contribution in [3.8, 4) is 5.75 Å². The lowest BCUT2D eigenvalue weighted by Gasteiger charge is -2.30. The molecule has 154 valence electrons. The van der Waals surface area contributed by atoms with Gasteiger partial charge in [0, 0.05) is 18.1 Å². The van der Waals surface area contributed by atoms with Crippen molar-refractivity contribution in [1.82, 2.24) is 9.80 Å². The number of anilines is 1. The summed E-state index contributed by atoms with van der Waals surface area (Å²) in [4.78, 5) is 29.6. The summed E-state index contributed by atoms with van der Waals surface area (Å²) in [7, 11) is 3.32. The first kappa shape index (κ1) is 21.1. The van der Waals surface area contributed by atoms with Gasteiger partial charge in [0.05, 0.1) is 19.3 Å². The molecule has 1 atom stereocenters. The van der Waals surface area contributed by atoms with Crippen molar-refractivity contribution in [1.29, 1.82) is 0 Å². The van der Waals surface area contributed by atoms with Gasteiger partial charge in [-0.2, -0.15) is 0 Å². The molecular formula is C22H26ClN3O3. The molecule has 1 aliphatic heterocycles. The zero-order chi connectivity index (χ0) is 20.8. The smallest absolute Gasteiger partial charge is 0.244 e. The largest absolute Gasteiger partial charge is 0.495 e. The van der Waals surface area contributed by atoms with E-state index in [-0.39, 0.29) is 18.4 Å². The Hall–Kier alpha value is -2.57. The van der Waals surface area contributed by atoms with Crippen molar-refractivity contribution in [3.05, 3.63) is 59.1 Å². The fourth-order valence-corrected chi connectivity index (χ4v) is 3.79. The van der Waals surface area contributed by atoms with Crippen molar-refractivity contribution in [2.45, 2.75) is 18.9 Å². The van der Waals surface area contributed by atoms with Crippen molar-refractivity contribution < 1.29 is 14.3 Å². The second-order valence-corrected chi connectivity index (χ2v) is 7.59. The highest BCUT2D eigenvalue weighted by molar-refractivity contribution is 6.31. The Labute approximate surface area is 176 Å². The zero-order valence-corrected chi connectivity index (χ0v) is 17.5. The van der Waals surface area contributed by atoms with Gasteiger partial charge in [-0.15, -0.1) is 0 Å². The van der Waals surface area contributed by atoms with Crippen molar-refractivity contribution in [3.63, 3.8) is 0 Å². The molecule has 1 aliphatic rings. The number of amides is 2. The third kappa shape index (κ3) is 5.28. The summed E-state index contributed by atoms with van der Waals surface area (Å²) in [6, 6.07) is 14.1. The van der Waals surface area contributed by atoms with E-state index in [2.05, 4.69) is 5.32 Å². The molecule has 0 spiro atoms. The van der Waals surface area contributed by atoms with Crippen LogP contribution in [0.5, 0.6) is 5.75 Å². The van der Waals surface area contributed by atoms with Gasteiger partial charge in [-0.3, -0.25) is 14.5 Å². The fourth-order valence-electron chi connectivity index (χ4n) is 3.62. The van der Waals surface area contributed by atoms with E-state index < -0.39 is 6.04 Å². The molecule has 0 unspecified atom stereocenters. The third-order valence-electron chi connectivity index (χ3n) is 5.04. The van der Waals surface area contributed by atoms with Crippen LogP contribution in [0.1, 0.15) is 24.4 Å². The number of ether oxygens (including phenoxy) is 1. The number of hydrogen-bond acceptors (Lipinski definition) is 4. The van der Waals surface area contributed by atoms with Crippen molar-refractivity contribution in [2.75, 3.05) is 39.1 Å². The summed E-state index contributed by atoms with van der Waals surface area (Å²) in [6.45, 7) is 1.58. The number of carbonyl (C=O) groups excluding carboxylic acids is 2. The number of likely N-dealkylation sites (N-methyl/N-ethyl adjacent to an activating group) is 1. The number of hydrogen-bond donors (Lipinski definition) is 1. The Kier molecular flexibility index (Phi) is 7.12. The maximum atomic E-state index is 13.2. The van der Waals surface area contributed by atoms with E-state index in [9.17, 15) is 9.59 Å². The topological polar surface area (TPSA) is 61.9 Å². The number of nitrogens with zero attached hydrogens (tertiary/aromatic N) is 2. The molecule has 29 heavy (non-hydrogen) atoms. The summed E-state index contributed by atoms with van der Waals surface area (Å²) < 4.78 is 5.28. The molecular weight excluding hydrogens is 390 g/mol. The lowest BCUT2D eigenvalue weighted by molar-refractivity contribution is -0.136. The molecule has 0 radical (unpaired) electrons. The van der Waals surface area contributed by atoms with E-state index >= 15 is 0 Å². The van der Waals surface area contributed by atoms with Crippen LogP contribution in [0.3, 0.4) is 0 Å². The van der Waals surface area contributed by atoms with E-state index in [0.29, 0.717) is 16.5 Å². The average Bonchev–Trinajstić information content (AvgIpc) is 3.24. The molecule has 1 N–H and O–H groups in total. The normalized spacial score (nSPS) is 14.7. The average molecular weight is 416 g/mol. The standard InChI is InChI=1S/C22H26ClN3O3/c1-25(15-20(27)24-18-14-17(23)10-11-19(18)29-2)21(16-8-4-3-5-9-16)22(28)26-12-6-7-13-26/h3-5,8-11,14,21H,6-7,12-13,15H2,1-2H3,(H,24,27)/t21-/m0/s1. The summed E-state index contributed by atoms with van der Waals surface area (Å²) in [5, 5.41) is 3.33. The van der Waals surface area contributed by atoms with Gasteiger partial charge in [-0.1, -0.05) is 41.9 Å². The van der Waals surface area contributed by atoms with Gasteiger partial charge in [0.15, 0.2) is 0 Å². The number of methoxy groups -OCH3 is 1. The Morgan fingerprint density at radius 2 is 1.86 bits per heavy atom. The lowest BCUT2D eigenvalue weighted by atomic mass is 10.0. The molecule has 2 aromatic rings. The van der Waals surface area contributed by atoms with Gasteiger partial charge in [0.25, 0.3) is 0 Å². The number of likely N-dealkylation sites (tertiary alicyclic amines) is 1. The van der Waals surface area contributed by atoms with Crippen LogP contribution in [0.25, 0.3) is 0 Å². The predicted octanol–water partition coefficient (Wildman–Crippen LogP) is 3.58. The number of carbonyl (C=O) groups is 2. The first-order valence-electron chi connectivity index (χ1n) is 9.67. The van der Waals surface area contributed by atoms with Crippen molar-refractivity contribution in [2.24, 2.45) is 0 Å². The highest BCUT2D eigenvalue weighted by Crippen LogP contribution is 2.28. The van der Waals surface area contributed by atoms with Gasteiger partial charge in [-0.25, -0.2) is 0 Å². The SMILES string of the molecule is COc1ccc(Cl)cc1NC(=O)CN(C)[C@H](C(=O)N1CCCC1)c1ccccc1. The molecule has 7 heteroatoms. The molecule has 0 saturated carbocycles. The minimum absolute atomic E-state index is 0.0318. The predicted molar refractivity (Wildman–Crippen MR) is 114 cm³/mol. The monoisotopic (exact) mass is 415 g/mol. The highest BCUT2D eigenvalue weighted by Gasteiger charge is 2.31. The number of rotatable bonds is 7. The lowest BCUT2D eigenvalue weighted by Crippen LogP contribution is -2.43. The molecule has 0 aromatic heterocycles. The summed E-state index contributed by atoms with van der Waals surface area (Å²) in [6.07, 6.45) is 2.04. The first-order valence-corrected chi connectivity index (χ1v) is 10.0. The van der Waals surface area contributed by atoms with Crippen LogP contribution < -0.4 is 10.1 Å². The molecule has 0 bridgehead atoms. The minimum atomic E-state index is -0.513. The van der Waals surface area contributed by atoms with Gasteiger partial charge < -0.3 is 15.0 Å². The van der Waals surface area contributed by atoms with Crippen LogP contribution in [0.15, 0.2) is 48.5 Å². The van der Waals surface area contributed by atoms with Gasteiger partial charge in [-0.05, 0) is 43.7 Å². The molecule has 1 saturated heterocycles. The maximum absolute atomic E-state index is 13.2. The van der Waals surface area contributed by atoms with Crippen molar-refractivity contribution >= 4 is 29.1 Å². The van der Waals surface area contributed by atoms with E-state index in [1.54, 1.807) is 30.1 Å². The molecule has 1 heterocycles. The summed E-state index contributed by atoms with van der Waals surface area (Å²) in [5.74, 6) is 0.311. The molecule has 2 amide bonds. The Morgan fingerprint density at radius 1 is 1.17 bits per heavy atom. The summed E-state index contributed by atoms with van der Waals surface area (Å²) in [5.41, 5.74) is 1.38. The molecule has 1 fully saturated rings. The quantitative estimate of drug-likeness (QED) is 0.750. The number of benzene rings is 2. The molecule has 3 rings (SSSR count). The van der Waals surface area contributed by atoms with E-state index in [1.807, 2.05) is 35.2 Å². The second kappa shape index (κ2) is 9.76. The third-order valence-corrected chi connectivity index (χ3v) is 5.27. The van der Waals surface area contributed by atoms with Crippen LogP contribution in [-0.2, 0) is 9.59 Å². The maximum Gasteiger partial charge on any atom is 0.244 e. The van der Waals surface area contributed by atoms with Gasteiger partial charge in [0.2, 0.25) is 11.8 Å². The Morgan fingerprint density at radius 3 is 2.52 bits per heavy atom. The van der Waals surface area contributed by atoms with E-state index in [1.165, 1.54) is 7.11 Å². The van der Waals surface area contributed by atoms with Crippen LogP contribution in [0.4, 0.5) is 5.69 Å². The highest BCUT2D eigenvalue weighted by atomic mass is 35.5. The molecule has 6 nitrogen and oxygen atoms in total. The second-order valence-electron chi connectivity index (χ2n) is 7.15. The van der Waals surface area contributed by atoms with Crippen LogP contribution >= 0.6 is 11.6 Å². The number of nitrogens with one attached hydrogen (secondary N) is 1. The van der Waals surface area contributed by atoms with Crippen LogP contribution in [0.2, 0.25) is 5.02 Å². The van der Waals surface area contributed by atoms with Gasteiger partial charge >= 0.3 is 0 Å². The van der Waals surface area contributed by atoms with Crippen LogP contribution in [-0.4, -0.2) is 55.4 Å². The Balaban J connectivity index is 1.75. The molecule has 0 aliphatic carbocycles.